The Morgan fingerprint density at radius 3 is 2.94 bits per heavy atom. The van der Waals surface area contributed by atoms with Crippen LogP contribution in [0.4, 0.5) is 0 Å². The van der Waals surface area contributed by atoms with E-state index in [1.54, 1.807) is 13.2 Å². The summed E-state index contributed by atoms with van der Waals surface area (Å²) in [6, 6.07) is 5.41. The summed E-state index contributed by atoms with van der Waals surface area (Å²) in [5.41, 5.74) is 1.28. The third-order valence-corrected chi connectivity index (χ3v) is 2.74. The molecule has 0 saturated heterocycles. The average molecular weight is 301 g/mol. The molecule has 0 aromatic carbocycles. The van der Waals surface area contributed by atoms with Gasteiger partial charge in [0.15, 0.2) is 0 Å². The van der Waals surface area contributed by atoms with Crippen molar-refractivity contribution < 1.29 is 9.53 Å². The van der Waals surface area contributed by atoms with E-state index in [4.69, 9.17) is 4.74 Å². The Bertz CT molecular complexity index is 365. The van der Waals surface area contributed by atoms with Gasteiger partial charge < -0.3 is 10.1 Å². The minimum absolute atomic E-state index is 0.00851. The van der Waals surface area contributed by atoms with Crippen molar-refractivity contribution in [3.8, 4) is 0 Å². The molecule has 1 amide bonds. The van der Waals surface area contributed by atoms with Gasteiger partial charge in [0.2, 0.25) is 0 Å². The van der Waals surface area contributed by atoms with Crippen LogP contribution in [0, 0.1) is 6.92 Å². The van der Waals surface area contributed by atoms with E-state index in [0.717, 1.165) is 17.4 Å². The number of aromatic nitrogens is 1. The first-order valence-corrected chi connectivity index (χ1v) is 6.59. The number of hydrogen-bond donors (Lipinski definition) is 1. The number of rotatable bonds is 6. The first kappa shape index (κ1) is 14.1. The molecule has 1 N–H and O–H groups in total. The van der Waals surface area contributed by atoms with Crippen LogP contribution < -0.4 is 5.32 Å². The molecular weight excluding hydrogens is 284 g/mol. The van der Waals surface area contributed by atoms with Crippen LogP contribution in [0.5, 0.6) is 0 Å². The summed E-state index contributed by atoms with van der Waals surface area (Å²) in [6.45, 7) is 2.37. The predicted molar refractivity (Wildman–Crippen MR) is 70.5 cm³/mol. The van der Waals surface area contributed by atoms with Gasteiger partial charge in [0.25, 0.3) is 5.91 Å². The first-order chi connectivity index (χ1) is 8.17. The molecule has 0 aliphatic rings. The smallest absolute Gasteiger partial charge is 0.270 e. The molecule has 1 atom stereocenters. The Morgan fingerprint density at radius 2 is 2.35 bits per heavy atom. The number of nitrogens with zero attached hydrogens (tertiary/aromatic N) is 1. The fraction of sp³-hybridized carbons (Fsp3) is 0.500. The topological polar surface area (TPSA) is 51.2 Å². The number of amides is 1. The lowest BCUT2D eigenvalue weighted by Gasteiger charge is -2.16. The van der Waals surface area contributed by atoms with Crippen molar-refractivity contribution in [1.82, 2.24) is 10.3 Å². The molecule has 1 rings (SSSR count). The van der Waals surface area contributed by atoms with E-state index in [0.29, 0.717) is 12.3 Å². The maximum Gasteiger partial charge on any atom is 0.270 e. The van der Waals surface area contributed by atoms with Gasteiger partial charge in [-0.3, -0.25) is 4.79 Å². The van der Waals surface area contributed by atoms with Crippen molar-refractivity contribution in [2.24, 2.45) is 0 Å². The summed E-state index contributed by atoms with van der Waals surface area (Å²) in [5.74, 6) is -0.156. The van der Waals surface area contributed by atoms with Gasteiger partial charge in [0, 0.05) is 18.1 Å². The normalized spacial score (nSPS) is 12.2. The third-order valence-electron chi connectivity index (χ3n) is 2.28. The van der Waals surface area contributed by atoms with E-state index in [-0.39, 0.29) is 11.9 Å². The second-order valence-electron chi connectivity index (χ2n) is 3.77. The molecule has 1 heterocycles. The van der Waals surface area contributed by atoms with Gasteiger partial charge >= 0.3 is 0 Å². The highest BCUT2D eigenvalue weighted by Gasteiger charge is 2.13. The van der Waals surface area contributed by atoms with Crippen LogP contribution in [-0.4, -0.2) is 36.0 Å². The summed E-state index contributed by atoms with van der Waals surface area (Å²) in [6.07, 6.45) is 0.825. The van der Waals surface area contributed by atoms with Gasteiger partial charge in [-0.05, 0) is 25.5 Å². The van der Waals surface area contributed by atoms with Crippen LogP contribution in [0.15, 0.2) is 18.2 Å². The van der Waals surface area contributed by atoms with E-state index >= 15 is 0 Å². The summed E-state index contributed by atoms with van der Waals surface area (Å²) in [4.78, 5) is 16.1. The summed E-state index contributed by atoms with van der Waals surface area (Å²) < 4.78 is 5.06. The summed E-state index contributed by atoms with van der Waals surface area (Å²) in [7, 11) is 1.62. The lowest BCUT2D eigenvalue weighted by Crippen LogP contribution is -2.38. The van der Waals surface area contributed by atoms with Gasteiger partial charge in [0.1, 0.15) is 5.69 Å². The number of methoxy groups -OCH3 is 1. The number of carbonyl (C=O) groups is 1. The zero-order valence-corrected chi connectivity index (χ0v) is 11.7. The number of alkyl halides is 1. The second-order valence-corrected chi connectivity index (χ2v) is 4.56. The highest BCUT2D eigenvalue weighted by molar-refractivity contribution is 9.09. The van der Waals surface area contributed by atoms with E-state index < -0.39 is 0 Å². The van der Waals surface area contributed by atoms with Gasteiger partial charge in [-0.2, -0.15) is 0 Å². The molecule has 0 fully saturated rings. The molecule has 0 aliphatic heterocycles. The van der Waals surface area contributed by atoms with Crippen LogP contribution in [0.2, 0.25) is 0 Å². The van der Waals surface area contributed by atoms with E-state index in [1.807, 2.05) is 19.1 Å². The maximum absolute atomic E-state index is 11.9. The SMILES string of the molecule is COCC(CCBr)NC(=O)c1cccc(C)n1. The zero-order chi connectivity index (χ0) is 12.7. The van der Waals surface area contributed by atoms with Crippen LogP contribution in [0.25, 0.3) is 0 Å². The molecule has 0 radical (unpaired) electrons. The quantitative estimate of drug-likeness (QED) is 0.817. The third kappa shape index (κ3) is 4.83. The number of carbonyl (C=O) groups excluding carboxylic acids is 1. The Kier molecular flexibility index (Phi) is 6.15. The fourth-order valence-electron chi connectivity index (χ4n) is 1.46. The minimum Gasteiger partial charge on any atom is -0.383 e. The fourth-order valence-corrected chi connectivity index (χ4v) is 2.01. The number of aryl methyl sites for hydroxylation is 1. The van der Waals surface area contributed by atoms with Crippen molar-refractivity contribution in [2.75, 3.05) is 19.0 Å². The zero-order valence-electron chi connectivity index (χ0n) is 10.1. The summed E-state index contributed by atoms with van der Waals surface area (Å²) >= 11 is 3.36. The van der Waals surface area contributed by atoms with Gasteiger partial charge in [-0.25, -0.2) is 4.98 Å². The largest absolute Gasteiger partial charge is 0.383 e. The van der Waals surface area contributed by atoms with Crippen molar-refractivity contribution >= 4 is 21.8 Å². The van der Waals surface area contributed by atoms with Crippen LogP contribution in [0.3, 0.4) is 0 Å². The molecule has 4 nitrogen and oxygen atoms in total. The molecule has 0 aliphatic carbocycles. The summed E-state index contributed by atoms with van der Waals surface area (Å²) in [5, 5.41) is 3.73. The van der Waals surface area contributed by atoms with E-state index in [2.05, 4.69) is 26.2 Å². The molecule has 0 spiro atoms. The molecule has 5 heteroatoms. The number of nitrogens with one attached hydrogen (secondary N) is 1. The molecule has 0 saturated carbocycles. The van der Waals surface area contributed by atoms with Gasteiger partial charge in [0.05, 0.1) is 12.6 Å². The standard InChI is InChI=1S/C12H17BrN2O2/c1-9-4-3-5-11(14-9)12(16)15-10(6-7-13)8-17-2/h3-5,10H,6-8H2,1-2H3,(H,15,16). The predicted octanol–water partition coefficient (Wildman–Crippen LogP) is 1.92. The highest BCUT2D eigenvalue weighted by Crippen LogP contribution is 2.02. The molecule has 1 unspecified atom stereocenters. The molecule has 94 valence electrons. The minimum atomic E-state index is -0.156. The van der Waals surface area contributed by atoms with Crippen molar-refractivity contribution in [3.05, 3.63) is 29.6 Å². The Labute approximate surface area is 110 Å². The number of halogens is 1. The van der Waals surface area contributed by atoms with Crippen LogP contribution in [-0.2, 0) is 4.74 Å². The van der Waals surface area contributed by atoms with Gasteiger partial charge in [-0.15, -0.1) is 0 Å². The van der Waals surface area contributed by atoms with Gasteiger partial charge in [-0.1, -0.05) is 22.0 Å². The second kappa shape index (κ2) is 7.40. The van der Waals surface area contributed by atoms with Crippen molar-refractivity contribution in [2.45, 2.75) is 19.4 Å². The number of hydrogen-bond acceptors (Lipinski definition) is 3. The maximum atomic E-state index is 11.9. The Balaban J connectivity index is 2.63. The first-order valence-electron chi connectivity index (χ1n) is 5.46. The molecule has 0 bridgehead atoms. The monoisotopic (exact) mass is 300 g/mol. The highest BCUT2D eigenvalue weighted by atomic mass is 79.9. The molecule has 1 aromatic heterocycles. The van der Waals surface area contributed by atoms with Crippen molar-refractivity contribution in [3.63, 3.8) is 0 Å². The molecule has 17 heavy (non-hydrogen) atoms. The lowest BCUT2D eigenvalue weighted by atomic mass is 10.2. The Morgan fingerprint density at radius 1 is 1.59 bits per heavy atom. The van der Waals surface area contributed by atoms with E-state index in [1.165, 1.54) is 0 Å². The number of pyridine rings is 1. The van der Waals surface area contributed by atoms with Crippen molar-refractivity contribution in [1.29, 1.82) is 0 Å². The lowest BCUT2D eigenvalue weighted by molar-refractivity contribution is 0.0890. The van der Waals surface area contributed by atoms with Crippen LogP contribution in [0.1, 0.15) is 22.6 Å². The van der Waals surface area contributed by atoms with Crippen LogP contribution >= 0.6 is 15.9 Å². The Hall–Kier alpha value is -0.940. The molecular formula is C12H17BrN2O2. The number of ether oxygens (including phenoxy) is 1. The molecule has 1 aromatic rings. The van der Waals surface area contributed by atoms with E-state index in [9.17, 15) is 4.79 Å². The average Bonchev–Trinajstić information content (AvgIpc) is 2.29.